The van der Waals surface area contributed by atoms with Crippen LogP contribution in [0.1, 0.15) is 35.3 Å². The van der Waals surface area contributed by atoms with Gasteiger partial charge in [0.05, 0.1) is 22.6 Å². The first-order valence-corrected chi connectivity index (χ1v) is 11.5. The Kier molecular flexibility index (Phi) is 3.51. The van der Waals surface area contributed by atoms with Crippen molar-refractivity contribution in [1.29, 1.82) is 0 Å². The number of benzene rings is 3. The Morgan fingerprint density at radius 3 is 2.38 bits per heavy atom. The maximum absolute atomic E-state index is 13.2. The number of aromatic nitrogens is 2. The third-order valence-corrected chi connectivity index (χ3v) is 7.84. The number of hydrogen-bond donors (Lipinski definition) is 1. The second kappa shape index (κ2) is 6.14. The summed E-state index contributed by atoms with van der Waals surface area (Å²) in [6.45, 7) is 3.80. The number of nitrogens with zero attached hydrogens (tertiary/aromatic N) is 3. The van der Waals surface area contributed by atoms with Gasteiger partial charge in [0.1, 0.15) is 0 Å². The summed E-state index contributed by atoms with van der Waals surface area (Å²) in [5.41, 5.74) is 7.04. The summed E-state index contributed by atoms with van der Waals surface area (Å²) in [4.78, 5) is 15.6. The molecule has 4 heterocycles. The van der Waals surface area contributed by atoms with Crippen LogP contribution >= 0.6 is 0 Å². The third-order valence-electron chi connectivity index (χ3n) is 7.84. The third kappa shape index (κ3) is 2.01. The molecule has 1 N–H and O–H groups in total. The van der Waals surface area contributed by atoms with Crippen molar-refractivity contribution in [3.05, 3.63) is 59.7 Å². The highest BCUT2D eigenvalue weighted by molar-refractivity contribution is 6.30. The fourth-order valence-corrected chi connectivity index (χ4v) is 6.54. The Hall–Kier alpha value is -3.31. The van der Waals surface area contributed by atoms with Gasteiger partial charge < -0.3 is 19.4 Å². The van der Waals surface area contributed by atoms with E-state index in [-0.39, 0.29) is 5.91 Å². The molecule has 0 saturated carbocycles. The Bertz CT molecular complexity index is 1600. The van der Waals surface area contributed by atoms with Crippen LogP contribution in [0.4, 0.5) is 0 Å². The number of carbonyl (C=O) groups is 1. The average Bonchev–Trinajstić information content (AvgIpc) is 3.40. The molecule has 1 amide bonds. The number of nitrogens with one attached hydrogen (secondary N) is 1. The zero-order valence-electron chi connectivity index (χ0n) is 18.6. The smallest absolute Gasteiger partial charge is 0.252 e. The highest BCUT2D eigenvalue weighted by atomic mass is 16.1. The van der Waals surface area contributed by atoms with E-state index in [1.54, 1.807) is 0 Å². The number of likely N-dealkylation sites (N-methyl/N-ethyl adjacent to an activating group) is 1. The molecule has 7 rings (SSSR count). The topological polar surface area (TPSA) is 42.2 Å². The lowest BCUT2D eigenvalue weighted by Gasteiger charge is -2.33. The molecule has 2 aliphatic heterocycles. The fraction of sp³-hybridized carbons (Fsp3) is 0.296. The van der Waals surface area contributed by atoms with E-state index < -0.39 is 0 Å². The number of para-hydroxylation sites is 2. The molecule has 5 nitrogen and oxygen atoms in total. The number of fused-ring (bicyclic) bond motifs is 9. The van der Waals surface area contributed by atoms with E-state index in [4.69, 9.17) is 0 Å². The number of carbonyl (C=O) groups excluding carboxylic acids is 1. The summed E-state index contributed by atoms with van der Waals surface area (Å²) in [5, 5.41) is 7.95. The summed E-state index contributed by atoms with van der Waals surface area (Å²) < 4.78 is 5.09. The molecule has 160 valence electrons. The van der Waals surface area contributed by atoms with Crippen molar-refractivity contribution in [2.24, 2.45) is 0 Å². The molecule has 5 aromatic rings. The van der Waals surface area contributed by atoms with E-state index in [9.17, 15) is 4.79 Å². The first-order valence-electron chi connectivity index (χ1n) is 11.5. The Labute approximate surface area is 186 Å². The second-order valence-corrected chi connectivity index (χ2v) is 9.50. The van der Waals surface area contributed by atoms with E-state index >= 15 is 0 Å². The molecular formula is C27H26N4O. The molecular weight excluding hydrogens is 396 g/mol. The molecule has 2 aromatic heterocycles. The Morgan fingerprint density at radius 1 is 0.969 bits per heavy atom. The molecule has 0 bridgehead atoms. The number of hydrogen-bond acceptors (Lipinski definition) is 2. The predicted molar refractivity (Wildman–Crippen MR) is 130 cm³/mol. The summed E-state index contributed by atoms with van der Waals surface area (Å²) in [6, 6.07) is 18.0. The van der Waals surface area contributed by atoms with Gasteiger partial charge in [0.15, 0.2) is 0 Å². The minimum atomic E-state index is 0.0575. The molecule has 0 spiro atoms. The molecule has 5 heteroatoms. The van der Waals surface area contributed by atoms with Gasteiger partial charge in [-0.1, -0.05) is 43.3 Å². The van der Waals surface area contributed by atoms with Gasteiger partial charge in [0.2, 0.25) is 0 Å². The van der Waals surface area contributed by atoms with E-state index in [2.05, 4.69) is 88.9 Å². The summed E-state index contributed by atoms with van der Waals surface area (Å²) in [5.74, 6) is 0.0575. The van der Waals surface area contributed by atoms with Crippen LogP contribution in [-0.2, 0) is 13.1 Å². The predicted octanol–water partition coefficient (Wildman–Crippen LogP) is 5.04. The molecule has 32 heavy (non-hydrogen) atoms. The molecule has 2 aliphatic rings. The maximum Gasteiger partial charge on any atom is 0.252 e. The number of amides is 1. The zero-order valence-corrected chi connectivity index (χ0v) is 18.6. The van der Waals surface area contributed by atoms with Crippen molar-refractivity contribution < 1.29 is 4.79 Å². The Balaban J connectivity index is 1.85. The largest absolute Gasteiger partial charge is 0.348 e. The molecule has 3 aromatic carbocycles. The van der Waals surface area contributed by atoms with Crippen LogP contribution < -0.4 is 5.32 Å². The van der Waals surface area contributed by atoms with Crippen LogP contribution in [0.2, 0.25) is 0 Å². The monoisotopic (exact) mass is 422 g/mol. The van der Waals surface area contributed by atoms with Crippen LogP contribution in [0.15, 0.2) is 48.5 Å². The molecule has 2 unspecified atom stereocenters. The van der Waals surface area contributed by atoms with Crippen molar-refractivity contribution in [2.75, 3.05) is 14.1 Å². The van der Waals surface area contributed by atoms with Crippen LogP contribution in [0, 0.1) is 0 Å². The summed E-state index contributed by atoms with van der Waals surface area (Å²) in [6.07, 6.45) is 1.05. The van der Waals surface area contributed by atoms with Gasteiger partial charge in [-0.3, -0.25) is 4.79 Å². The van der Waals surface area contributed by atoms with Crippen LogP contribution in [0.3, 0.4) is 0 Å². The van der Waals surface area contributed by atoms with Crippen LogP contribution in [0.25, 0.3) is 43.6 Å². The Morgan fingerprint density at radius 2 is 1.66 bits per heavy atom. The van der Waals surface area contributed by atoms with E-state index in [0.717, 1.165) is 29.5 Å². The minimum Gasteiger partial charge on any atom is -0.348 e. The van der Waals surface area contributed by atoms with Gasteiger partial charge in [-0.15, -0.1) is 0 Å². The second-order valence-electron chi connectivity index (χ2n) is 9.50. The van der Waals surface area contributed by atoms with Gasteiger partial charge in [0, 0.05) is 51.7 Å². The normalized spacial score (nSPS) is 20.2. The summed E-state index contributed by atoms with van der Waals surface area (Å²) >= 11 is 0. The quantitative estimate of drug-likeness (QED) is 0.433. The lowest BCUT2D eigenvalue weighted by Crippen LogP contribution is -2.38. The molecule has 0 radical (unpaired) electrons. The standard InChI is InChI=1S/C27H26N4O/c1-4-18-21(29(2)3)14-30-19-11-7-5-9-15(19)23-24-17(13-28-27(24)32)22-16-10-6-8-12-20(16)31(18)26(22)25(23)30/h5-12,18,21H,4,13-14H2,1-3H3,(H,28,32). The summed E-state index contributed by atoms with van der Waals surface area (Å²) in [7, 11) is 4.39. The molecule has 0 saturated heterocycles. The highest BCUT2D eigenvalue weighted by Crippen LogP contribution is 2.48. The molecule has 0 aliphatic carbocycles. The van der Waals surface area contributed by atoms with Crippen molar-refractivity contribution in [3.63, 3.8) is 0 Å². The van der Waals surface area contributed by atoms with Crippen molar-refractivity contribution in [3.8, 4) is 0 Å². The highest BCUT2D eigenvalue weighted by Gasteiger charge is 2.37. The zero-order chi connectivity index (χ0) is 21.7. The number of rotatable bonds is 2. The van der Waals surface area contributed by atoms with Gasteiger partial charge in [-0.2, -0.15) is 0 Å². The van der Waals surface area contributed by atoms with Crippen molar-refractivity contribution in [1.82, 2.24) is 19.4 Å². The van der Waals surface area contributed by atoms with Gasteiger partial charge in [-0.25, -0.2) is 0 Å². The van der Waals surface area contributed by atoms with E-state index in [1.807, 2.05) is 0 Å². The fourth-order valence-electron chi connectivity index (χ4n) is 6.54. The van der Waals surface area contributed by atoms with Gasteiger partial charge in [-0.05, 0) is 38.2 Å². The molecule has 0 fully saturated rings. The first-order chi connectivity index (χ1) is 15.6. The van der Waals surface area contributed by atoms with Crippen LogP contribution in [-0.4, -0.2) is 40.1 Å². The van der Waals surface area contributed by atoms with Gasteiger partial charge >= 0.3 is 0 Å². The van der Waals surface area contributed by atoms with Gasteiger partial charge in [0.25, 0.3) is 5.91 Å². The lowest BCUT2D eigenvalue weighted by atomic mass is 9.97. The maximum atomic E-state index is 13.2. The average molecular weight is 423 g/mol. The first kappa shape index (κ1) is 18.3. The van der Waals surface area contributed by atoms with Crippen molar-refractivity contribution in [2.45, 2.75) is 38.5 Å². The van der Waals surface area contributed by atoms with Crippen LogP contribution in [0.5, 0.6) is 0 Å². The molecule has 2 atom stereocenters. The lowest BCUT2D eigenvalue weighted by molar-refractivity contribution is 0.0967. The SMILES string of the molecule is CCC1C(N(C)C)Cn2c3ccccc3c3c4c(c5c6ccccc6n1c5c32)CNC4=O. The van der Waals surface area contributed by atoms with Crippen molar-refractivity contribution >= 4 is 49.5 Å². The van der Waals surface area contributed by atoms with E-state index in [1.165, 1.54) is 38.2 Å². The van der Waals surface area contributed by atoms with E-state index in [0.29, 0.717) is 18.6 Å². The minimum absolute atomic E-state index is 0.0575.